The van der Waals surface area contributed by atoms with Crippen LogP contribution in [-0.2, 0) is 13.6 Å². The molecule has 0 unspecified atom stereocenters. The molecule has 1 heterocycles. The van der Waals surface area contributed by atoms with Crippen molar-refractivity contribution in [1.29, 1.82) is 0 Å². The van der Waals surface area contributed by atoms with Crippen molar-refractivity contribution in [3.8, 4) is 0 Å². The minimum Gasteiger partial charge on any atom is -0.357 e. The highest BCUT2D eigenvalue weighted by Crippen LogP contribution is 1.97. The highest BCUT2D eigenvalue weighted by atomic mass is 15.3. The van der Waals surface area contributed by atoms with Gasteiger partial charge in [0.05, 0.1) is 0 Å². The summed E-state index contributed by atoms with van der Waals surface area (Å²) in [7, 11) is 1.88. The van der Waals surface area contributed by atoms with Crippen LogP contribution in [0.2, 0.25) is 0 Å². The number of guanidine groups is 1. The lowest BCUT2D eigenvalue weighted by atomic mass is 10.2. The van der Waals surface area contributed by atoms with Crippen molar-refractivity contribution in [3.05, 3.63) is 12.2 Å². The van der Waals surface area contributed by atoms with E-state index in [1.54, 1.807) is 11.0 Å². The molecule has 0 atom stereocenters. The van der Waals surface area contributed by atoms with E-state index < -0.39 is 0 Å². The van der Waals surface area contributed by atoms with Gasteiger partial charge in [-0.15, -0.1) is 0 Å². The van der Waals surface area contributed by atoms with Crippen LogP contribution in [0, 0.1) is 0 Å². The average molecular weight is 266 g/mol. The van der Waals surface area contributed by atoms with Gasteiger partial charge in [0.15, 0.2) is 5.96 Å². The SMILES string of the molecule is CCCCCCNC(=NCc1ncnn1C)NCC. The standard InChI is InChI=1S/C13H26N6/c1-4-6-7-8-9-15-13(14-5-2)16-10-12-17-11-18-19(12)3/h11H,4-10H2,1-3H3,(H2,14,15,16). The molecule has 19 heavy (non-hydrogen) atoms. The molecule has 0 aliphatic heterocycles. The molecule has 0 saturated carbocycles. The first-order valence-corrected chi connectivity index (χ1v) is 7.13. The predicted octanol–water partition coefficient (Wildman–Crippen LogP) is 1.45. The van der Waals surface area contributed by atoms with Crippen LogP contribution in [0.4, 0.5) is 0 Å². The van der Waals surface area contributed by atoms with E-state index in [0.717, 1.165) is 24.9 Å². The van der Waals surface area contributed by atoms with E-state index in [0.29, 0.717) is 6.54 Å². The van der Waals surface area contributed by atoms with E-state index in [9.17, 15) is 0 Å². The molecule has 1 aromatic heterocycles. The fourth-order valence-electron chi connectivity index (χ4n) is 1.71. The van der Waals surface area contributed by atoms with E-state index >= 15 is 0 Å². The molecule has 0 fully saturated rings. The molecule has 1 rings (SSSR count). The number of nitrogens with one attached hydrogen (secondary N) is 2. The number of nitrogens with zero attached hydrogens (tertiary/aromatic N) is 4. The van der Waals surface area contributed by atoms with Gasteiger partial charge in [0.25, 0.3) is 0 Å². The van der Waals surface area contributed by atoms with Crippen LogP contribution in [0.3, 0.4) is 0 Å². The molecule has 0 amide bonds. The Morgan fingerprint density at radius 3 is 2.74 bits per heavy atom. The monoisotopic (exact) mass is 266 g/mol. The number of aryl methyl sites for hydroxylation is 1. The molecule has 6 heteroatoms. The summed E-state index contributed by atoms with van der Waals surface area (Å²) in [6, 6.07) is 0. The van der Waals surface area contributed by atoms with E-state index in [1.165, 1.54) is 25.7 Å². The first-order chi connectivity index (χ1) is 9.27. The minimum absolute atomic E-state index is 0.542. The van der Waals surface area contributed by atoms with Gasteiger partial charge in [0.2, 0.25) is 0 Å². The lowest BCUT2D eigenvalue weighted by molar-refractivity contribution is 0.645. The van der Waals surface area contributed by atoms with Crippen LogP contribution in [0.15, 0.2) is 11.3 Å². The van der Waals surface area contributed by atoms with Gasteiger partial charge < -0.3 is 10.6 Å². The highest BCUT2D eigenvalue weighted by Gasteiger charge is 2.01. The maximum Gasteiger partial charge on any atom is 0.191 e. The van der Waals surface area contributed by atoms with Gasteiger partial charge in [-0.05, 0) is 13.3 Å². The number of unbranched alkanes of at least 4 members (excludes halogenated alkanes) is 3. The second kappa shape index (κ2) is 9.35. The van der Waals surface area contributed by atoms with Crippen molar-refractivity contribution in [2.45, 2.75) is 46.1 Å². The molecule has 0 bridgehead atoms. The van der Waals surface area contributed by atoms with Gasteiger partial charge in [-0.25, -0.2) is 9.98 Å². The summed E-state index contributed by atoms with van der Waals surface area (Å²) in [5.41, 5.74) is 0. The van der Waals surface area contributed by atoms with E-state index in [1.807, 2.05) is 7.05 Å². The second-order valence-corrected chi connectivity index (χ2v) is 4.48. The lowest BCUT2D eigenvalue weighted by Gasteiger charge is -2.10. The Kier molecular flexibility index (Phi) is 7.62. The van der Waals surface area contributed by atoms with Crippen molar-refractivity contribution in [1.82, 2.24) is 25.4 Å². The van der Waals surface area contributed by atoms with Crippen LogP contribution >= 0.6 is 0 Å². The molecule has 0 spiro atoms. The molecule has 108 valence electrons. The Labute approximate surface area is 115 Å². The van der Waals surface area contributed by atoms with Crippen molar-refractivity contribution in [2.24, 2.45) is 12.0 Å². The Hall–Kier alpha value is -1.59. The number of aliphatic imine (C=N–C) groups is 1. The normalized spacial score (nSPS) is 11.6. The third kappa shape index (κ3) is 6.22. The van der Waals surface area contributed by atoms with Crippen LogP contribution in [0.1, 0.15) is 45.4 Å². The Bertz CT molecular complexity index is 371. The van der Waals surface area contributed by atoms with Gasteiger partial charge in [-0.2, -0.15) is 5.10 Å². The van der Waals surface area contributed by atoms with Crippen LogP contribution in [-0.4, -0.2) is 33.8 Å². The molecule has 6 nitrogen and oxygen atoms in total. The fraction of sp³-hybridized carbons (Fsp3) is 0.769. The van der Waals surface area contributed by atoms with Gasteiger partial charge >= 0.3 is 0 Å². The summed E-state index contributed by atoms with van der Waals surface area (Å²) >= 11 is 0. The lowest BCUT2D eigenvalue weighted by Crippen LogP contribution is -2.37. The van der Waals surface area contributed by atoms with Gasteiger partial charge in [-0.3, -0.25) is 4.68 Å². The maximum atomic E-state index is 4.51. The average Bonchev–Trinajstić information content (AvgIpc) is 2.81. The highest BCUT2D eigenvalue weighted by molar-refractivity contribution is 5.79. The van der Waals surface area contributed by atoms with Crippen molar-refractivity contribution in [3.63, 3.8) is 0 Å². The molecule has 0 radical (unpaired) electrons. The first kappa shape index (κ1) is 15.5. The predicted molar refractivity (Wildman–Crippen MR) is 78.0 cm³/mol. The third-order valence-electron chi connectivity index (χ3n) is 2.85. The van der Waals surface area contributed by atoms with Gasteiger partial charge in [0, 0.05) is 20.1 Å². The van der Waals surface area contributed by atoms with E-state index in [2.05, 4.69) is 39.6 Å². The minimum atomic E-state index is 0.542. The fourth-order valence-corrected chi connectivity index (χ4v) is 1.71. The Morgan fingerprint density at radius 2 is 2.11 bits per heavy atom. The summed E-state index contributed by atoms with van der Waals surface area (Å²) in [4.78, 5) is 8.66. The molecule has 0 aliphatic carbocycles. The van der Waals surface area contributed by atoms with Crippen LogP contribution in [0.5, 0.6) is 0 Å². The topological polar surface area (TPSA) is 67.1 Å². The Balaban J connectivity index is 2.36. The van der Waals surface area contributed by atoms with E-state index in [4.69, 9.17) is 0 Å². The molecule has 0 aliphatic rings. The zero-order valence-electron chi connectivity index (χ0n) is 12.3. The van der Waals surface area contributed by atoms with Crippen molar-refractivity contribution >= 4 is 5.96 Å². The second-order valence-electron chi connectivity index (χ2n) is 4.48. The zero-order chi connectivity index (χ0) is 13.9. The molecular weight excluding hydrogens is 240 g/mol. The number of hydrogen-bond donors (Lipinski definition) is 2. The quantitative estimate of drug-likeness (QED) is 0.424. The Morgan fingerprint density at radius 1 is 1.26 bits per heavy atom. The first-order valence-electron chi connectivity index (χ1n) is 7.13. The number of aromatic nitrogens is 3. The number of hydrogen-bond acceptors (Lipinski definition) is 3. The van der Waals surface area contributed by atoms with Crippen molar-refractivity contribution < 1.29 is 0 Å². The molecule has 0 saturated heterocycles. The van der Waals surface area contributed by atoms with Crippen LogP contribution < -0.4 is 10.6 Å². The van der Waals surface area contributed by atoms with Gasteiger partial charge in [0.1, 0.15) is 18.7 Å². The third-order valence-corrected chi connectivity index (χ3v) is 2.85. The van der Waals surface area contributed by atoms with E-state index in [-0.39, 0.29) is 0 Å². The van der Waals surface area contributed by atoms with Crippen LogP contribution in [0.25, 0.3) is 0 Å². The zero-order valence-corrected chi connectivity index (χ0v) is 12.3. The summed E-state index contributed by atoms with van der Waals surface area (Å²) in [5.74, 6) is 1.71. The largest absolute Gasteiger partial charge is 0.357 e. The smallest absolute Gasteiger partial charge is 0.191 e. The summed E-state index contributed by atoms with van der Waals surface area (Å²) in [5, 5.41) is 10.6. The maximum absolute atomic E-state index is 4.51. The van der Waals surface area contributed by atoms with Crippen molar-refractivity contribution in [2.75, 3.05) is 13.1 Å². The number of rotatable bonds is 8. The summed E-state index contributed by atoms with van der Waals surface area (Å²) in [6.45, 7) is 6.65. The molecule has 0 aromatic carbocycles. The molecule has 2 N–H and O–H groups in total. The summed E-state index contributed by atoms with van der Waals surface area (Å²) < 4.78 is 1.74. The molecule has 1 aromatic rings. The summed E-state index contributed by atoms with van der Waals surface area (Å²) in [6.07, 6.45) is 6.57. The van der Waals surface area contributed by atoms with Gasteiger partial charge in [-0.1, -0.05) is 26.2 Å². The molecular formula is C13H26N6.